The fraction of sp³-hybridized carbons (Fsp3) is 0.743. The molecule has 0 saturated carbocycles. The van der Waals surface area contributed by atoms with Gasteiger partial charge in [-0.3, -0.25) is 4.99 Å². The number of hydrogen-bond donors (Lipinski definition) is 1. The van der Waals surface area contributed by atoms with Gasteiger partial charge in [-0.2, -0.15) is 0 Å². The number of hydrogen-bond acceptors (Lipinski definition) is 7. The van der Waals surface area contributed by atoms with Crippen molar-refractivity contribution in [1.29, 1.82) is 0 Å². The van der Waals surface area contributed by atoms with Crippen LogP contribution in [-0.4, -0.2) is 54.2 Å². The van der Waals surface area contributed by atoms with E-state index in [0.29, 0.717) is 38.3 Å². The molecule has 7 nitrogen and oxygen atoms in total. The molecule has 0 aliphatic carbocycles. The van der Waals surface area contributed by atoms with Crippen LogP contribution in [0.2, 0.25) is 0 Å². The Kier molecular flexibility index (Phi) is 14.0. The Morgan fingerprint density at radius 1 is 0.929 bits per heavy atom. The summed E-state index contributed by atoms with van der Waals surface area (Å²) in [6, 6.07) is 6.11. The number of esters is 1. The number of aliphatic imine (C=N–C) groups is 1. The maximum atomic E-state index is 13.8. The van der Waals surface area contributed by atoms with Crippen LogP contribution in [0.3, 0.4) is 0 Å². The zero-order valence-corrected chi connectivity index (χ0v) is 27.0. The normalized spacial score (nSPS) is 18.4. The number of fused-ring (bicyclic) bond motifs is 1. The van der Waals surface area contributed by atoms with Gasteiger partial charge >= 0.3 is 5.97 Å². The first-order valence-corrected chi connectivity index (χ1v) is 16.8. The molecule has 1 unspecified atom stereocenters. The Hall–Kier alpha value is -2.25. The van der Waals surface area contributed by atoms with E-state index in [9.17, 15) is 10.0 Å². The smallest absolute Gasteiger partial charge is 0.363 e. The number of nitrogens with zero attached hydrogens (tertiary/aromatic N) is 2. The summed E-state index contributed by atoms with van der Waals surface area (Å²) in [5.41, 5.74) is 3.43. The maximum absolute atomic E-state index is 13.8. The van der Waals surface area contributed by atoms with Gasteiger partial charge in [0, 0.05) is 23.9 Å². The Bertz CT molecular complexity index is 1040. The second-order valence-corrected chi connectivity index (χ2v) is 12.3. The fourth-order valence-corrected chi connectivity index (χ4v) is 7.17. The zero-order chi connectivity index (χ0) is 30.4. The van der Waals surface area contributed by atoms with E-state index in [-0.39, 0.29) is 11.1 Å². The summed E-state index contributed by atoms with van der Waals surface area (Å²) in [7, 11) is 0. The van der Waals surface area contributed by atoms with E-state index < -0.39 is 17.9 Å². The Labute approximate surface area is 254 Å². The van der Waals surface area contributed by atoms with Gasteiger partial charge in [-0.25, -0.2) is 4.79 Å². The number of oxime groups is 1. The Balaban J connectivity index is 1.82. The van der Waals surface area contributed by atoms with Gasteiger partial charge < -0.3 is 19.4 Å². The van der Waals surface area contributed by atoms with Gasteiger partial charge in [0.1, 0.15) is 5.71 Å². The molecule has 0 spiro atoms. The highest BCUT2D eigenvalue weighted by Gasteiger charge is 2.47. The average molecular weight is 585 g/mol. The van der Waals surface area contributed by atoms with Crippen LogP contribution in [0.4, 0.5) is 0 Å². The third-order valence-electron chi connectivity index (χ3n) is 9.01. The Morgan fingerprint density at radius 2 is 1.55 bits per heavy atom. The number of carbonyl (C=O) groups excluding carboxylic acids is 1. The van der Waals surface area contributed by atoms with E-state index in [2.05, 4.69) is 45.8 Å². The third-order valence-corrected chi connectivity index (χ3v) is 9.01. The molecule has 0 aromatic heterocycles. The fourth-order valence-electron chi connectivity index (χ4n) is 7.17. The van der Waals surface area contributed by atoms with Crippen molar-refractivity contribution in [3.05, 3.63) is 34.9 Å². The van der Waals surface area contributed by atoms with E-state index >= 15 is 0 Å². The summed E-state index contributed by atoms with van der Waals surface area (Å²) >= 11 is 0. The van der Waals surface area contributed by atoms with Crippen molar-refractivity contribution in [3.63, 3.8) is 0 Å². The molecule has 2 heterocycles. The lowest BCUT2D eigenvalue weighted by molar-refractivity contribution is -0.234. The van der Waals surface area contributed by atoms with Crippen molar-refractivity contribution in [1.82, 2.24) is 0 Å². The highest BCUT2D eigenvalue weighted by atomic mass is 16.8. The van der Waals surface area contributed by atoms with Crippen molar-refractivity contribution < 1.29 is 24.2 Å². The summed E-state index contributed by atoms with van der Waals surface area (Å²) in [5.74, 6) is -1.65. The summed E-state index contributed by atoms with van der Waals surface area (Å²) in [4.78, 5) is 18.8. The number of aryl methyl sites for hydroxylation is 1. The molecule has 7 heteroatoms. The van der Waals surface area contributed by atoms with Gasteiger partial charge in [-0.05, 0) is 43.7 Å². The molecule has 42 heavy (non-hydrogen) atoms. The number of unbranched alkanes of at least 4 members (excludes halogenated alkanes) is 7. The molecule has 1 aromatic rings. The largest absolute Gasteiger partial charge is 0.452 e. The molecule has 1 aromatic carbocycles. The molecule has 3 rings (SSSR count). The molecule has 1 atom stereocenters. The van der Waals surface area contributed by atoms with Crippen molar-refractivity contribution in [2.24, 2.45) is 10.1 Å². The van der Waals surface area contributed by atoms with Gasteiger partial charge in [0.2, 0.25) is 11.5 Å². The quantitative estimate of drug-likeness (QED) is 0.0579. The summed E-state index contributed by atoms with van der Waals surface area (Å²) in [6.07, 6.45) is 15.1. The van der Waals surface area contributed by atoms with Crippen molar-refractivity contribution in [3.8, 4) is 0 Å². The highest BCUT2D eigenvalue weighted by molar-refractivity contribution is 6.69. The molecule has 2 aliphatic heterocycles. The third kappa shape index (κ3) is 8.22. The predicted molar refractivity (Wildman–Crippen MR) is 170 cm³/mol. The van der Waals surface area contributed by atoms with Crippen LogP contribution in [-0.2, 0) is 24.4 Å². The van der Waals surface area contributed by atoms with Crippen LogP contribution < -0.4 is 0 Å². The van der Waals surface area contributed by atoms with Crippen LogP contribution in [0.1, 0.15) is 141 Å². The molecule has 1 N–H and O–H groups in total. The van der Waals surface area contributed by atoms with Crippen molar-refractivity contribution in [2.45, 2.75) is 148 Å². The molecule has 1 saturated heterocycles. The standard InChI is InChI=1S/C35H56N2O5/c1-6-10-11-12-13-14-15-16-20-29(35(23-9-4)40-24-25-41-35)42-33(38)32(37-39)31-28-19-17-18-27(5)30(28)34(21-7-2,22-8-3)26-36-31/h17-19,29,39H,6-16,20-26H2,1-5H3/b37-32+. The zero-order valence-electron chi connectivity index (χ0n) is 27.0. The van der Waals surface area contributed by atoms with Crippen LogP contribution in [0.25, 0.3) is 0 Å². The molecule has 0 amide bonds. The molecule has 0 bridgehead atoms. The van der Waals surface area contributed by atoms with Gasteiger partial charge in [0.05, 0.1) is 13.2 Å². The molecular formula is C35H56N2O5. The second-order valence-electron chi connectivity index (χ2n) is 12.3. The summed E-state index contributed by atoms with van der Waals surface area (Å²) in [6.45, 7) is 12.4. The minimum Gasteiger partial charge on any atom is -0.452 e. The first kappa shape index (κ1) is 34.2. The SMILES string of the molecule is CCCCCCCCCCC(OC(=O)/C(=N/O)C1=NCC(CCC)(CCC)c2c(C)cccc21)C1(CCC)OCCO1. The molecular weight excluding hydrogens is 528 g/mol. The first-order chi connectivity index (χ1) is 20.4. The lowest BCUT2D eigenvalue weighted by atomic mass is 9.68. The topological polar surface area (TPSA) is 89.7 Å². The highest BCUT2D eigenvalue weighted by Crippen LogP contribution is 2.42. The van der Waals surface area contributed by atoms with Crippen LogP contribution in [0, 0.1) is 6.92 Å². The lowest BCUT2D eigenvalue weighted by Crippen LogP contribution is -2.48. The van der Waals surface area contributed by atoms with Gasteiger partial charge in [-0.15, -0.1) is 0 Å². The monoisotopic (exact) mass is 584 g/mol. The molecule has 0 radical (unpaired) electrons. The molecule has 236 valence electrons. The van der Waals surface area contributed by atoms with Crippen LogP contribution >= 0.6 is 0 Å². The van der Waals surface area contributed by atoms with E-state index in [1.165, 1.54) is 49.7 Å². The maximum Gasteiger partial charge on any atom is 0.363 e. The van der Waals surface area contributed by atoms with Crippen molar-refractivity contribution in [2.75, 3.05) is 19.8 Å². The van der Waals surface area contributed by atoms with E-state index in [1.54, 1.807) is 0 Å². The van der Waals surface area contributed by atoms with E-state index in [1.807, 2.05) is 12.1 Å². The van der Waals surface area contributed by atoms with E-state index in [4.69, 9.17) is 19.2 Å². The van der Waals surface area contributed by atoms with Crippen molar-refractivity contribution >= 4 is 17.4 Å². The second kappa shape index (κ2) is 17.1. The number of ether oxygens (including phenoxy) is 3. The first-order valence-electron chi connectivity index (χ1n) is 16.8. The van der Waals surface area contributed by atoms with Gasteiger partial charge in [-0.1, -0.05) is 115 Å². The van der Waals surface area contributed by atoms with Gasteiger partial charge in [0.25, 0.3) is 0 Å². The minimum atomic E-state index is -0.966. The van der Waals surface area contributed by atoms with Crippen LogP contribution in [0.15, 0.2) is 28.3 Å². The predicted octanol–water partition coefficient (Wildman–Crippen LogP) is 8.45. The minimum absolute atomic E-state index is 0.0894. The number of benzene rings is 1. The lowest BCUT2D eigenvalue weighted by Gasteiger charge is -2.39. The summed E-state index contributed by atoms with van der Waals surface area (Å²) in [5, 5.41) is 13.7. The average Bonchev–Trinajstić information content (AvgIpc) is 3.45. The van der Waals surface area contributed by atoms with Gasteiger partial charge in [0.15, 0.2) is 6.10 Å². The van der Waals surface area contributed by atoms with E-state index in [0.717, 1.165) is 50.5 Å². The molecule has 2 aliphatic rings. The Morgan fingerprint density at radius 3 is 2.14 bits per heavy atom. The molecule has 1 fully saturated rings. The summed E-state index contributed by atoms with van der Waals surface area (Å²) < 4.78 is 18.5. The number of carbonyl (C=O) groups is 1. The van der Waals surface area contributed by atoms with Crippen LogP contribution in [0.5, 0.6) is 0 Å². The number of rotatable bonds is 19.